The van der Waals surface area contributed by atoms with E-state index in [0.717, 1.165) is 27.0 Å². The van der Waals surface area contributed by atoms with Gasteiger partial charge in [0.2, 0.25) is 0 Å². The number of rotatable bonds is 7. The summed E-state index contributed by atoms with van der Waals surface area (Å²) in [5, 5.41) is 3.45. The summed E-state index contributed by atoms with van der Waals surface area (Å²) >= 11 is 1.10. The highest BCUT2D eigenvalue weighted by Crippen LogP contribution is 2.34. The van der Waals surface area contributed by atoms with Gasteiger partial charge < -0.3 is 5.32 Å². The zero-order chi connectivity index (χ0) is 26.9. The number of thiophene rings is 1. The summed E-state index contributed by atoms with van der Waals surface area (Å²) < 4.78 is 30.7. The third-order valence-corrected chi connectivity index (χ3v) is 9.12. The summed E-state index contributed by atoms with van der Waals surface area (Å²) in [4.78, 5) is 41.7. The molecule has 4 aromatic rings. The number of aromatic nitrogens is 2. The van der Waals surface area contributed by atoms with Crippen LogP contribution in [0.15, 0.2) is 70.1 Å². The van der Waals surface area contributed by atoms with Crippen LogP contribution in [0.2, 0.25) is 0 Å². The van der Waals surface area contributed by atoms with E-state index in [2.05, 4.69) is 15.0 Å². The average molecular weight is 539 g/mol. The lowest BCUT2D eigenvalue weighted by Crippen LogP contribution is -2.51. The molecule has 2 aromatic heterocycles. The number of benzene rings is 2. The zero-order valence-electron chi connectivity index (χ0n) is 20.7. The molecular weight excluding hydrogens is 512 g/mol. The third-order valence-electron chi connectivity index (χ3n) is 5.90. The van der Waals surface area contributed by atoms with Crippen LogP contribution in [0.4, 0.5) is 0 Å². The highest BCUT2D eigenvalue weighted by atomic mass is 32.2. The summed E-state index contributed by atoms with van der Waals surface area (Å²) in [6.07, 6.45) is 4.17. The van der Waals surface area contributed by atoms with Gasteiger partial charge in [-0.3, -0.25) is 23.9 Å². The molecule has 0 radical (unpaired) electrons. The van der Waals surface area contributed by atoms with Gasteiger partial charge in [-0.2, -0.15) is 0 Å². The topological polar surface area (TPSA) is 127 Å². The molecule has 0 spiro atoms. The van der Waals surface area contributed by atoms with Crippen molar-refractivity contribution < 1.29 is 18.0 Å². The molecule has 9 nitrogen and oxygen atoms in total. The summed E-state index contributed by atoms with van der Waals surface area (Å²) in [5.74, 6) is -1.76. The van der Waals surface area contributed by atoms with E-state index in [1.807, 2.05) is 25.1 Å². The quantitative estimate of drug-likeness (QED) is 0.372. The molecular formula is C26H26N4O5S2. The zero-order valence-corrected chi connectivity index (χ0v) is 22.3. The van der Waals surface area contributed by atoms with Crippen molar-refractivity contribution >= 4 is 43.3 Å². The minimum atomic E-state index is -4.15. The number of carbonyl (C=O) groups is 2. The number of nitrogens with one attached hydrogen (secondary N) is 2. The summed E-state index contributed by atoms with van der Waals surface area (Å²) in [5.41, 5.74) is 2.05. The lowest BCUT2D eigenvalue weighted by Gasteiger charge is -2.21. The molecule has 4 rings (SSSR count). The van der Waals surface area contributed by atoms with Gasteiger partial charge in [-0.1, -0.05) is 26.0 Å². The van der Waals surface area contributed by atoms with Gasteiger partial charge in [0, 0.05) is 28.3 Å². The molecule has 11 heteroatoms. The molecule has 2 aromatic carbocycles. The van der Waals surface area contributed by atoms with E-state index in [1.54, 1.807) is 32.9 Å². The van der Waals surface area contributed by atoms with Crippen LogP contribution < -0.4 is 15.6 Å². The molecule has 0 fully saturated rings. The molecule has 37 heavy (non-hydrogen) atoms. The Bertz CT molecular complexity index is 1650. The predicted octanol–water partition coefficient (Wildman–Crippen LogP) is 3.32. The lowest BCUT2D eigenvalue weighted by atomic mass is 10.0. The molecule has 2 amide bonds. The molecule has 2 heterocycles. The van der Waals surface area contributed by atoms with Gasteiger partial charge in [0.05, 0.1) is 6.20 Å². The van der Waals surface area contributed by atoms with Crippen LogP contribution in [0, 0.1) is 19.8 Å². The van der Waals surface area contributed by atoms with Crippen LogP contribution in [0.5, 0.6) is 0 Å². The Labute approximate surface area is 218 Å². The maximum atomic E-state index is 13.1. The first-order valence-corrected chi connectivity index (χ1v) is 13.8. The van der Waals surface area contributed by atoms with Gasteiger partial charge in [0.15, 0.2) is 0 Å². The number of hydrogen-bond donors (Lipinski definition) is 2. The van der Waals surface area contributed by atoms with Crippen molar-refractivity contribution in [2.45, 2.75) is 37.9 Å². The van der Waals surface area contributed by atoms with Gasteiger partial charge in [-0.25, -0.2) is 13.1 Å². The molecule has 0 bridgehead atoms. The van der Waals surface area contributed by atoms with E-state index in [1.165, 1.54) is 35.3 Å². The van der Waals surface area contributed by atoms with Crippen LogP contribution in [-0.2, 0) is 14.8 Å². The lowest BCUT2D eigenvalue weighted by molar-refractivity contribution is -0.122. The minimum Gasteiger partial charge on any atom is -0.340 e. The third kappa shape index (κ3) is 5.47. The highest BCUT2D eigenvalue weighted by Gasteiger charge is 2.30. The van der Waals surface area contributed by atoms with Crippen molar-refractivity contribution in [3.63, 3.8) is 0 Å². The first-order valence-electron chi connectivity index (χ1n) is 11.5. The Balaban J connectivity index is 1.52. The van der Waals surface area contributed by atoms with Gasteiger partial charge in [0.25, 0.3) is 27.4 Å². The van der Waals surface area contributed by atoms with E-state index in [-0.39, 0.29) is 21.2 Å². The smallest absolute Gasteiger partial charge is 0.273 e. The summed E-state index contributed by atoms with van der Waals surface area (Å²) in [7, 11) is -4.15. The monoisotopic (exact) mass is 538 g/mol. The van der Waals surface area contributed by atoms with E-state index in [4.69, 9.17) is 0 Å². The fraction of sp³-hybridized carbons (Fsp3) is 0.231. The molecule has 0 aliphatic rings. The fourth-order valence-electron chi connectivity index (χ4n) is 3.90. The van der Waals surface area contributed by atoms with Crippen molar-refractivity contribution in [2.24, 2.45) is 5.92 Å². The number of carbonyl (C=O) groups excluding carboxylic acids is 2. The van der Waals surface area contributed by atoms with Gasteiger partial charge in [-0.05, 0) is 66.6 Å². The highest BCUT2D eigenvalue weighted by molar-refractivity contribution is 7.92. The maximum Gasteiger partial charge on any atom is 0.273 e. The number of sulfonamides is 1. The second-order valence-electron chi connectivity index (χ2n) is 9.01. The van der Waals surface area contributed by atoms with E-state index in [0.29, 0.717) is 11.3 Å². The molecule has 0 aliphatic carbocycles. The van der Waals surface area contributed by atoms with Crippen molar-refractivity contribution in [1.82, 2.24) is 19.6 Å². The van der Waals surface area contributed by atoms with Crippen molar-refractivity contribution in [1.29, 1.82) is 0 Å². The molecule has 0 aliphatic heterocycles. The van der Waals surface area contributed by atoms with Crippen LogP contribution in [0.1, 0.15) is 35.3 Å². The first-order chi connectivity index (χ1) is 17.5. The Hall–Kier alpha value is -3.83. The SMILES string of the molecule is Cc1ccc2c(C)c(S(=O)(=O)NC(=O)C(NC(=O)c3ccc(-n4ccncc4=O)cc3)C(C)C)sc2c1. The Morgan fingerprint density at radius 1 is 1.05 bits per heavy atom. The molecule has 1 atom stereocenters. The Morgan fingerprint density at radius 2 is 1.76 bits per heavy atom. The normalized spacial score (nSPS) is 12.5. The van der Waals surface area contributed by atoms with Gasteiger partial charge in [0.1, 0.15) is 10.3 Å². The van der Waals surface area contributed by atoms with Crippen LogP contribution >= 0.6 is 11.3 Å². The molecule has 2 N–H and O–H groups in total. The number of amides is 2. The fourth-order valence-corrected chi connectivity index (χ4v) is 6.77. The largest absolute Gasteiger partial charge is 0.340 e. The van der Waals surface area contributed by atoms with E-state index >= 15 is 0 Å². The second-order valence-corrected chi connectivity index (χ2v) is 11.9. The van der Waals surface area contributed by atoms with Crippen molar-refractivity contribution in [2.75, 3.05) is 0 Å². The number of nitrogens with zero attached hydrogens (tertiary/aromatic N) is 2. The van der Waals surface area contributed by atoms with E-state index in [9.17, 15) is 22.8 Å². The first kappa shape index (κ1) is 26.2. The summed E-state index contributed by atoms with van der Waals surface area (Å²) in [6, 6.07) is 10.8. The predicted molar refractivity (Wildman–Crippen MR) is 143 cm³/mol. The summed E-state index contributed by atoms with van der Waals surface area (Å²) in [6.45, 7) is 7.05. The van der Waals surface area contributed by atoms with Crippen molar-refractivity contribution in [3.8, 4) is 5.69 Å². The van der Waals surface area contributed by atoms with Crippen molar-refractivity contribution in [3.05, 3.63) is 88.1 Å². The van der Waals surface area contributed by atoms with Crippen LogP contribution in [0.25, 0.3) is 15.8 Å². The Kier molecular flexibility index (Phi) is 7.28. The number of hydrogen-bond acceptors (Lipinski definition) is 7. The molecule has 0 saturated carbocycles. The molecule has 0 saturated heterocycles. The maximum absolute atomic E-state index is 13.1. The standard InChI is InChI=1S/C26H26N4O5S2/c1-15(2)23(28-24(32)18-6-8-19(9-7-18)30-12-11-27-14-22(30)31)25(33)29-37(34,35)26-17(4)20-10-5-16(3)13-21(20)36-26/h5-15,23H,1-4H3,(H,28,32)(H,29,33). The molecule has 192 valence electrons. The average Bonchev–Trinajstić information content (AvgIpc) is 3.18. The van der Waals surface area contributed by atoms with Crippen LogP contribution in [0.3, 0.4) is 0 Å². The minimum absolute atomic E-state index is 0.0669. The van der Waals surface area contributed by atoms with Gasteiger partial charge >= 0.3 is 0 Å². The Morgan fingerprint density at radius 3 is 2.41 bits per heavy atom. The number of aryl methyl sites for hydroxylation is 2. The van der Waals surface area contributed by atoms with Crippen LogP contribution in [-0.4, -0.2) is 35.8 Å². The van der Waals surface area contributed by atoms with E-state index < -0.39 is 27.9 Å². The second kappa shape index (κ2) is 10.3. The van der Waals surface area contributed by atoms with Gasteiger partial charge in [-0.15, -0.1) is 11.3 Å². The molecule has 1 unspecified atom stereocenters. The number of fused-ring (bicyclic) bond motifs is 1.